The molecule has 0 unspecified atom stereocenters. The third kappa shape index (κ3) is 3.22. The van der Waals surface area contributed by atoms with Crippen molar-refractivity contribution in [3.05, 3.63) is 40.4 Å². The summed E-state index contributed by atoms with van der Waals surface area (Å²) in [6.45, 7) is 7.70. The van der Waals surface area contributed by atoms with E-state index in [1.54, 1.807) is 0 Å². The van der Waals surface area contributed by atoms with Gasteiger partial charge in [0.25, 0.3) is 0 Å². The molecule has 0 atom stereocenters. The van der Waals surface area contributed by atoms with Gasteiger partial charge in [0.05, 0.1) is 5.69 Å². The molecule has 0 fully saturated rings. The average molecular weight is 296 g/mol. The van der Waals surface area contributed by atoms with E-state index in [2.05, 4.69) is 24.1 Å². The van der Waals surface area contributed by atoms with Crippen LogP contribution in [0, 0.1) is 11.6 Å². The highest BCUT2D eigenvalue weighted by Crippen LogP contribution is 2.33. The number of thiazole rings is 1. The van der Waals surface area contributed by atoms with Gasteiger partial charge in [-0.05, 0) is 30.7 Å². The molecule has 0 bridgehead atoms. The molecule has 2 aromatic rings. The fourth-order valence-electron chi connectivity index (χ4n) is 1.96. The zero-order valence-corrected chi connectivity index (χ0v) is 12.7. The number of aromatic nitrogens is 1. The van der Waals surface area contributed by atoms with Gasteiger partial charge in [0.1, 0.15) is 16.6 Å². The third-order valence-electron chi connectivity index (χ3n) is 2.97. The van der Waals surface area contributed by atoms with E-state index in [-0.39, 0.29) is 11.5 Å². The topological polar surface area (TPSA) is 24.9 Å². The third-order valence-corrected chi connectivity index (χ3v) is 4.07. The van der Waals surface area contributed by atoms with Gasteiger partial charge in [-0.2, -0.15) is 0 Å². The Hall–Kier alpha value is -1.33. The Morgan fingerprint density at radius 1 is 1.30 bits per heavy atom. The van der Waals surface area contributed by atoms with Crippen LogP contribution in [0.25, 0.3) is 10.6 Å². The second-order valence-electron chi connectivity index (χ2n) is 4.89. The molecule has 2 rings (SSSR count). The molecule has 2 nitrogen and oxygen atoms in total. The molecule has 1 heterocycles. The summed E-state index contributed by atoms with van der Waals surface area (Å²) in [6, 6.07) is 3.47. The van der Waals surface area contributed by atoms with Gasteiger partial charge in [0, 0.05) is 17.0 Å². The SMILES string of the molecule is CCNCc1sc(-c2cc(F)ccc2F)nc1C(C)C. The summed E-state index contributed by atoms with van der Waals surface area (Å²) >= 11 is 1.42. The van der Waals surface area contributed by atoms with Crippen molar-refractivity contribution in [2.75, 3.05) is 6.54 Å². The van der Waals surface area contributed by atoms with Crippen molar-refractivity contribution in [1.82, 2.24) is 10.3 Å². The van der Waals surface area contributed by atoms with E-state index >= 15 is 0 Å². The van der Waals surface area contributed by atoms with Crippen LogP contribution < -0.4 is 5.32 Å². The fraction of sp³-hybridized carbons (Fsp3) is 0.400. The van der Waals surface area contributed by atoms with Crippen molar-refractivity contribution in [2.24, 2.45) is 0 Å². The second kappa shape index (κ2) is 6.41. The van der Waals surface area contributed by atoms with Crippen LogP contribution in [0.2, 0.25) is 0 Å². The van der Waals surface area contributed by atoms with E-state index in [1.165, 1.54) is 17.4 Å². The van der Waals surface area contributed by atoms with Crippen LogP contribution in [0.4, 0.5) is 8.78 Å². The molecule has 0 aliphatic carbocycles. The number of rotatable bonds is 5. The van der Waals surface area contributed by atoms with Crippen LogP contribution in [-0.2, 0) is 6.54 Å². The summed E-state index contributed by atoms with van der Waals surface area (Å²) in [7, 11) is 0. The molecule has 0 amide bonds. The minimum Gasteiger partial charge on any atom is -0.312 e. The molecule has 0 aliphatic heterocycles. The van der Waals surface area contributed by atoms with Gasteiger partial charge in [-0.15, -0.1) is 11.3 Å². The molecule has 0 spiro atoms. The first-order valence-corrected chi connectivity index (χ1v) is 7.50. The fourth-order valence-corrected chi connectivity index (χ4v) is 3.16. The maximum Gasteiger partial charge on any atom is 0.133 e. The molecule has 0 radical (unpaired) electrons. The van der Waals surface area contributed by atoms with E-state index < -0.39 is 11.6 Å². The standard InChI is InChI=1S/C15H18F2N2S/c1-4-18-8-13-14(9(2)3)19-15(20-13)11-7-10(16)5-6-12(11)17/h5-7,9,18H,4,8H2,1-3H3. The lowest BCUT2D eigenvalue weighted by Crippen LogP contribution is -2.12. The van der Waals surface area contributed by atoms with Crippen LogP contribution in [-0.4, -0.2) is 11.5 Å². The number of hydrogen-bond acceptors (Lipinski definition) is 3. The Morgan fingerprint density at radius 2 is 2.05 bits per heavy atom. The Kier molecular flexibility index (Phi) is 4.83. The lowest BCUT2D eigenvalue weighted by atomic mass is 10.1. The van der Waals surface area contributed by atoms with Crippen molar-refractivity contribution in [3.8, 4) is 10.6 Å². The Labute approximate surface area is 121 Å². The van der Waals surface area contributed by atoms with Gasteiger partial charge in [0.15, 0.2) is 0 Å². The van der Waals surface area contributed by atoms with Gasteiger partial charge in [-0.3, -0.25) is 0 Å². The maximum atomic E-state index is 13.8. The summed E-state index contributed by atoms with van der Waals surface area (Å²) in [5.41, 5.74) is 1.19. The smallest absolute Gasteiger partial charge is 0.133 e. The first kappa shape index (κ1) is 15.1. The largest absolute Gasteiger partial charge is 0.312 e. The molecular formula is C15H18F2N2S. The first-order chi connectivity index (χ1) is 9.52. The van der Waals surface area contributed by atoms with Gasteiger partial charge in [0.2, 0.25) is 0 Å². The molecule has 20 heavy (non-hydrogen) atoms. The van der Waals surface area contributed by atoms with E-state index in [1.807, 2.05) is 6.92 Å². The summed E-state index contributed by atoms with van der Waals surface area (Å²) in [6.07, 6.45) is 0. The highest BCUT2D eigenvalue weighted by atomic mass is 32.1. The Bertz CT molecular complexity index is 594. The average Bonchev–Trinajstić information content (AvgIpc) is 2.83. The maximum absolute atomic E-state index is 13.8. The first-order valence-electron chi connectivity index (χ1n) is 6.68. The normalized spacial score (nSPS) is 11.3. The molecule has 0 saturated heterocycles. The zero-order valence-electron chi connectivity index (χ0n) is 11.8. The van der Waals surface area contributed by atoms with Crippen molar-refractivity contribution < 1.29 is 8.78 Å². The summed E-state index contributed by atoms with van der Waals surface area (Å²) < 4.78 is 27.1. The van der Waals surface area contributed by atoms with Gasteiger partial charge < -0.3 is 5.32 Å². The van der Waals surface area contributed by atoms with Crippen LogP contribution in [0.3, 0.4) is 0 Å². The second-order valence-corrected chi connectivity index (χ2v) is 5.97. The quantitative estimate of drug-likeness (QED) is 0.888. The summed E-state index contributed by atoms with van der Waals surface area (Å²) in [4.78, 5) is 5.59. The van der Waals surface area contributed by atoms with E-state index in [4.69, 9.17) is 0 Å². The van der Waals surface area contributed by atoms with Crippen molar-refractivity contribution in [3.63, 3.8) is 0 Å². The van der Waals surface area contributed by atoms with E-state index in [0.717, 1.165) is 29.2 Å². The number of nitrogens with one attached hydrogen (secondary N) is 1. The molecule has 5 heteroatoms. The predicted octanol–water partition coefficient (Wildman–Crippen LogP) is 4.32. The van der Waals surface area contributed by atoms with Crippen LogP contribution in [0.15, 0.2) is 18.2 Å². The highest BCUT2D eigenvalue weighted by Gasteiger charge is 2.17. The van der Waals surface area contributed by atoms with Crippen LogP contribution in [0.1, 0.15) is 37.3 Å². The Balaban J connectivity index is 2.44. The van der Waals surface area contributed by atoms with E-state index in [0.29, 0.717) is 11.6 Å². The zero-order chi connectivity index (χ0) is 14.7. The minimum atomic E-state index is -0.448. The molecule has 1 aromatic carbocycles. The molecule has 1 N–H and O–H groups in total. The molecular weight excluding hydrogens is 278 g/mol. The summed E-state index contributed by atoms with van der Waals surface area (Å²) in [5.74, 6) is -0.633. The number of nitrogens with zero attached hydrogens (tertiary/aromatic N) is 1. The summed E-state index contributed by atoms with van der Waals surface area (Å²) in [5, 5.41) is 3.79. The lowest BCUT2D eigenvalue weighted by Gasteiger charge is -2.04. The predicted molar refractivity (Wildman–Crippen MR) is 78.9 cm³/mol. The minimum absolute atomic E-state index is 0.236. The van der Waals surface area contributed by atoms with Crippen molar-refractivity contribution >= 4 is 11.3 Å². The number of benzene rings is 1. The monoisotopic (exact) mass is 296 g/mol. The molecule has 108 valence electrons. The van der Waals surface area contributed by atoms with Crippen molar-refractivity contribution in [1.29, 1.82) is 0 Å². The van der Waals surface area contributed by atoms with Crippen LogP contribution in [0.5, 0.6) is 0 Å². The van der Waals surface area contributed by atoms with Crippen LogP contribution >= 0.6 is 11.3 Å². The van der Waals surface area contributed by atoms with Crippen molar-refractivity contribution in [2.45, 2.75) is 33.2 Å². The van der Waals surface area contributed by atoms with Gasteiger partial charge in [-0.1, -0.05) is 20.8 Å². The lowest BCUT2D eigenvalue weighted by molar-refractivity contribution is 0.603. The van der Waals surface area contributed by atoms with Gasteiger partial charge in [-0.25, -0.2) is 13.8 Å². The molecule has 0 saturated carbocycles. The number of hydrogen-bond donors (Lipinski definition) is 1. The van der Waals surface area contributed by atoms with Gasteiger partial charge >= 0.3 is 0 Å². The Morgan fingerprint density at radius 3 is 2.70 bits per heavy atom. The van der Waals surface area contributed by atoms with E-state index in [9.17, 15) is 8.78 Å². The molecule has 1 aromatic heterocycles. The molecule has 0 aliphatic rings. The highest BCUT2D eigenvalue weighted by molar-refractivity contribution is 7.15. The number of halogens is 2.